The van der Waals surface area contributed by atoms with Crippen molar-refractivity contribution in [1.82, 2.24) is 9.78 Å². The van der Waals surface area contributed by atoms with Crippen LogP contribution in [0.15, 0.2) is 6.20 Å². The molecule has 1 atom stereocenters. The van der Waals surface area contributed by atoms with Crippen LogP contribution in [-0.2, 0) is 6.54 Å². The molecule has 0 bridgehead atoms. The van der Waals surface area contributed by atoms with Crippen LogP contribution in [0.2, 0.25) is 5.02 Å². The third-order valence-corrected chi connectivity index (χ3v) is 2.79. The summed E-state index contributed by atoms with van der Waals surface area (Å²) in [5.74, 6) is -0.0730. The fourth-order valence-corrected chi connectivity index (χ4v) is 1.84. The first-order valence-electron chi connectivity index (χ1n) is 5.57. The molecule has 4 nitrogen and oxygen atoms in total. The van der Waals surface area contributed by atoms with E-state index in [0.717, 1.165) is 6.42 Å². The predicted octanol–water partition coefficient (Wildman–Crippen LogP) is 2.11. The van der Waals surface area contributed by atoms with Crippen LogP contribution in [0.25, 0.3) is 0 Å². The second kappa shape index (κ2) is 6.01. The summed E-state index contributed by atoms with van der Waals surface area (Å²) in [6, 6.07) is 0. The molecule has 0 aliphatic heterocycles. The van der Waals surface area contributed by atoms with Crippen molar-refractivity contribution in [1.29, 1.82) is 0 Å². The quantitative estimate of drug-likeness (QED) is 0.779. The predicted molar refractivity (Wildman–Crippen MR) is 64.7 cm³/mol. The molecule has 0 saturated heterocycles. The molecule has 2 N–H and O–H groups in total. The number of hydrogen-bond donors (Lipinski definition) is 1. The van der Waals surface area contributed by atoms with Crippen molar-refractivity contribution in [3.8, 4) is 0 Å². The maximum absolute atomic E-state index is 12.1. The molecule has 0 saturated carbocycles. The van der Waals surface area contributed by atoms with Crippen LogP contribution in [0, 0.1) is 5.92 Å². The maximum atomic E-state index is 12.1. The summed E-state index contributed by atoms with van der Waals surface area (Å²) >= 11 is 5.98. The summed E-state index contributed by atoms with van der Waals surface area (Å²) in [4.78, 5) is 12.1. The molecule has 1 unspecified atom stereocenters. The molecule has 0 fully saturated rings. The summed E-state index contributed by atoms with van der Waals surface area (Å²) in [5.41, 5.74) is 5.97. The highest BCUT2D eigenvalue weighted by Gasteiger charge is 2.21. The minimum Gasteiger partial charge on any atom is -0.330 e. The van der Waals surface area contributed by atoms with E-state index in [9.17, 15) is 4.79 Å². The van der Waals surface area contributed by atoms with E-state index in [1.165, 1.54) is 6.20 Å². The van der Waals surface area contributed by atoms with Gasteiger partial charge < -0.3 is 5.73 Å². The molecule has 1 heterocycles. The van der Waals surface area contributed by atoms with Crippen molar-refractivity contribution in [2.75, 3.05) is 6.54 Å². The number of nitrogens with zero attached hydrogens (tertiary/aromatic N) is 2. The Bertz CT molecular complexity index is 362. The van der Waals surface area contributed by atoms with Crippen molar-refractivity contribution in [3.63, 3.8) is 0 Å². The Morgan fingerprint density at radius 2 is 2.38 bits per heavy atom. The van der Waals surface area contributed by atoms with Gasteiger partial charge in [-0.15, -0.1) is 0 Å². The molecule has 0 radical (unpaired) electrons. The zero-order chi connectivity index (χ0) is 12.1. The van der Waals surface area contributed by atoms with Gasteiger partial charge in [-0.25, -0.2) is 0 Å². The molecule has 0 amide bonds. The Morgan fingerprint density at radius 3 is 2.94 bits per heavy atom. The molecule has 0 spiro atoms. The topological polar surface area (TPSA) is 60.9 Å². The number of carbonyl (C=O) groups is 1. The zero-order valence-corrected chi connectivity index (χ0v) is 10.5. The molecule has 1 aromatic rings. The standard InChI is InChI=1S/C11H18ClN3O/c1-3-6-15-10(9(12)7-14-15)11(16)8(2)4-5-13/h7-8H,3-6,13H2,1-2H3. The molecule has 0 aromatic carbocycles. The normalized spacial score (nSPS) is 12.8. The monoisotopic (exact) mass is 243 g/mol. The van der Waals surface area contributed by atoms with E-state index >= 15 is 0 Å². The largest absolute Gasteiger partial charge is 0.330 e. The van der Waals surface area contributed by atoms with Gasteiger partial charge in [0, 0.05) is 12.5 Å². The Balaban J connectivity index is 2.92. The van der Waals surface area contributed by atoms with Crippen LogP contribution in [0.4, 0.5) is 0 Å². The van der Waals surface area contributed by atoms with Gasteiger partial charge in [0.05, 0.1) is 11.2 Å². The number of carbonyl (C=O) groups excluding carboxylic acids is 1. The van der Waals surface area contributed by atoms with Gasteiger partial charge in [0.25, 0.3) is 0 Å². The van der Waals surface area contributed by atoms with Crippen LogP contribution < -0.4 is 5.73 Å². The van der Waals surface area contributed by atoms with Crippen molar-refractivity contribution >= 4 is 17.4 Å². The molecular formula is C11H18ClN3O. The molecule has 0 aliphatic rings. The highest BCUT2D eigenvalue weighted by Crippen LogP contribution is 2.20. The average Bonchev–Trinajstić information content (AvgIpc) is 2.60. The molecule has 90 valence electrons. The highest BCUT2D eigenvalue weighted by molar-refractivity contribution is 6.33. The number of aromatic nitrogens is 2. The lowest BCUT2D eigenvalue weighted by atomic mass is 10.0. The van der Waals surface area contributed by atoms with Gasteiger partial charge in [-0.1, -0.05) is 25.4 Å². The van der Waals surface area contributed by atoms with Gasteiger partial charge in [-0.3, -0.25) is 9.48 Å². The number of hydrogen-bond acceptors (Lipinski definition) is 3. The second-order valence-corrected chi connectivity index (χ2v) is 4.31. The van der Waals surface area contributed by atoms with Crippen LogP contribution in [0.1, 0.15) is 37.2 Å². The number of nitrogens with two attached hydrogens (primary N) is 1. The Hall–Kier alpha value is -0.870. The lowest BCUT2D eigenvalue weighted by Crippen LogP contribution is -2.20. The van der Waals surface area contributed by atoms with Crippen LogP contribution in [0.3, 0.4) is 0 Å². The van der Waals surface area contributed by atoms with Crippen LogP contribution in [-0.4, -0.2) is 22.1 Å². The van der Waals surface area contributed by atoms with E-state index in [1.807, 2.05) is 13.8 Å². The summed E-state index contributed by atoms with van der Waals surface area (Å²) in [6.45, 7) is 5.12. The number of aryl methyl sites for hydroxylation is 1. The van der Waals surface area contributed by atoms with Crippen molar-refractivity contribution in [2.24, 2.45) is 11.7 Å². The lowest BCUT2D eigenvalue weighted by molar-refractivity contribution is 0.0914. The van der Waals surface area contributed by atoms with Gasteiger partial charge >= 0.3 is 0 Å². The SMILES string of the molecule is CCCn1ncc(Cl)c1C(=O)C(C)CCN. The average molecular weight is 244 g/mol. The first-order chi connectivity index (χ1) is 7.61. The number of rotatable bonds is 6. The van der Waals surface area contributed by atoms with Crippen LogP contribution in [0.5, 0.6) is 0 Å². The molecular weight excluding hydrogens is 226 g/mol. The molecule has 1 rings (SSSR count). The molecule has 1 aromatic heterocycles. The molecule has 5 heteroatoms. The summed E-state index contributed by atoms with van der Waals surface area (Å²) in [5, 5.41) is 4.53. The first-order valence-corrected chi connectivity index (χ1v) is 5.95. The molecule has 0 aliphatic carbocycles. The van der Waals surface area contributed by atoms with E-state index < -0.39 is 0 Å². The van der Waals surface area contributed by atoms with Gasteiger partial charge in [0.1, 0.15) is 5.69 Å². The summed E-state index contributed by atoms with van der Waals surface area (Å²) in [6.07, 6.45) is 3.12. The lowest BCUT2D eigenvalue weighted by Gasteiger charge is -2.11. The van der Waals surface area contributed by atoms with Gasteiger partial charge in [0.2, 0.25) is 0 Å². The zero-order valence-electron chi connectivity index (χ0n) is 9.74. The van der Waals surface area contributed by atoms with Gasteiger partial charge in [-0.05, 0) is 19.4 Å². The van der Waals surface area contributed by atoms with E-state index in [1.54, 1.807) is 4.68 Å². The van der Waals surface area contributed by atoms with Crippen molar-refractivity contribution in [3.05, 3.63) is 16.9 Å². The van der Waals surface area contributed by atoms with E-state index in [-0.39, 0.29) is 11.7 Å². The van der Waals surface area contributed by atoms with E-state index in [0.29, 0.717) is 30.2 Å². The minimum absolute atomic E-state index is 0.0291. The Labute approximate surface area is 101 Å². The Kier molecular flexibility index (Phi) is 4.96. The number of ketones is 1. The minimum atomic E-state index is -0.102. The van der Waals surface area contributed by atoms with Gasteiger partial charge in [0.15, 0.2) is 5.78 Å². The van der Waals surface area contributed by atoms with Crippen molar-refractivity contribution < 1.29 is 4.79 Å². The van der Waals surface area contributed by atoms with Crippen LogP contribution >= 0.6 is 11.6 Å². The fourth-order valence-electron chi connectivity index (χ4n) is 1.60. The second-order valence-electron chi connectivity index (χ2n) is 3.91. The number of Topliss-reactive ketones (excluding diaryl/α,β-unsaturated/α-hetero) is 1. The Morgan fingerprint density at radius 1 is 1.69 bits per heavy atom. The number of halogens is 1. The van der Waals surface area contributed by atoms with E-state index in [2.05, 4.69) is 5.10 Å². The van der Waals surface area contributed by atoms with E-state index in [4.69, 9.17) is 17.3 Å². The summed E-state index contributed by atoms with van der Waals surface area (Å²) in [7, 11) is 0. The first kappa shape index (κ1) is 13.2. The highest BCUT2D eigenvalue weighted by atomic mass is 35.5. The summed E-state index contributed by atoms with van der Waals surface area (Å²) < 4.78 is 1.68. The fraction of sp³-hybridized carbons (Fsp3) is 0.636. The third-order valence-electron chi connectivity index (χ3n) is 2.51. The third kappa shape index (κ3) is 2.83. The maximum Gasteiger partial charge on any atom is 0.185 e. The van der Waals surface area contributed by atoms with Gasteiger partial charge in [-0.2, -0.15) is 5.10 Å². The molecule has 16 heavy (non-hydrogen) atoms. The smallest absolute Gasteiger partial charge is 0.185 e. The van der Waals surface area contributed by atoms with Crippen molar-refractivity contribution in [2.45, 2.75) is 33.2 Å².